The molecule has 2 aromatic rings. The molecule has 19 heavy (non-hydrogen) atoms. The third kappa shape index (κ3) is 2.33. The highest BCUT2D eigenvalue weighted by Crippen LogP contribution is 2.26. The Kier molecular flexibility index (Phi) is 2.98. The van der Waals surface area contributed by atoms with Crippen molar-refractivity contribution >= 4 is 16.6 Å². The number of nitrogens with one attached hydrogen (secondary N) is 1. The summed E-state index contributed by atoms with van der Waals surface area (Å²) in [7, 11) is 0. The number of H-pyrrole nitrogens is 1. The number of anilines is 1. The largest absolute Gasteiger partial charge is 0.391 e. The summed E-state index contributed by atoms with van der Waals surface area (Å²) in [5, 5.41) is 10.3. The van der Waals surface area contributed by atoms with E-state index in [0.29, 0.717) is 23.1 Å². The van der Waals surface area contributed by atoms with Crippen molar-refractivity contribution in [2.45, 2.75) is 18.9 Å². The van der Waals surface area contributed by atoms with E-state index in [2.05, 4.69) is 4.98 Å². The van der Waals surface area contributed by atoms with Gasteiger partial charge < -0.3 is 15.0 Å². The second-order valence-corrected chi connectivity index (χ2v) is 4.96. The molecule has 0 bridgehead atoms. The van der Waals surface area contributed by atoms with Crippen molar-refractivity contribution in [3.63, 3.8) is 0 Å². The summed E-state index contributed by atoms with van der Waals surface area (Å²) in [5.41, 5.74) is 0.848. The van der Waals surface area contributed by atoms with Gasteiger partial charge in [-0.1, -0.05) is 0 Å². The number of halogens is 1. The molecule has 1 aliphatic rings. The zero-order valence-electron chi connectivity index (χ0n) is 10.4. The van der Waals surface area contributed by atoms with Crippen LogP contribution in [-0.4, -0.2) is 29.3 Å². The fraction of sp³-hybridized carbons (Fsp3) is 0.357. The van der Waals surface area contributed by atoms with Gasteiger partial charge in [0.05, 0.1) is 17.3 Å². The SMILES string of the molecule is O=c1ccc2cc(F)c(N3CCCC(O)C3)cc2[nH]1. The third-order valence-corrected chi connectivity index (χ3v) is 3.53. The molecule has 1 aromatic heterocycles. The van der Waals surface area contributed by atoms with Crippen LogP contribution in [0.4, 0.5) is 10.1 Å². The van der Waals surface area contributed by atoms with E-state index in [-0.39, 0.29) is 11.4 Å². The molecule has 1 aliphatic heterocycles. The molecule has 1 aromatic carbocycles. The maximum atomic E-state index is 14.1. The lowest BCUT2D eigenvalue weighted by Crippen LogP contribution is -2.38. The van der Waals surface area contributed by atoms with Crippen LogP contribution in [0, 0.1) is 5.82 Å². The van der Waals surface area contributed by atoms with Gasteiger partial charge in [0.1, 0.15) is 5.82 Å². The van der Waals surface area contributed by atoms with E-state index in [1.54, 1.807) is 12.1 Å². The molecular formula is C14H15FN2O2. The summed E-state index contributed by atoms with van der Waals surface area (Å²) in [6, 6.07) is 6.05. The number of nitrogens with zero attached hydrogens (tertiary/aromatic N) is 1. The standard InChI is InChI=1S/C14H15FN2O2/c15-11-6-9-3-4-14(19)16-12(9)7-13(11)17-5-1-2-10(18)8-17/h3-4,6-7,10,18H,1-2,5,8H2,(H,16,19). The molecule has 1 saturated heterocycles. The Morgan fingerprint density at radius 1 is 1.37 bits per heavy atom. The van der Waals surface area contributed by atoms with Gasteiger partial charge >= 0.3 is 0 Å². The van der Waals surface area contributed by atoms with Crippen LogP contribution in [0.5, 0.6) is 0 Å². The molecule has 4 nitrogen and oxygen atoms in total. The summed E-state index contributed by atoms with van der Waals surface area (Å²) in [4.78, 5) is 15.8. The number of hydrogen-bond acceptors (Lipinski definition) is 3. The molecule has 0 aliphatic carbocycles. The highest BCUT2D eigenvalue weighted by Gasteiger charge is 2.20. The van der Waals surface area contributed by atoms with Gasteiger partial charge in [-0.25, -0.2) is 4.39 Å². The topological polar surface area (TPSA) is 56.3 Å². The maximum absolute atomic E-state index is 14.1. The van der Waals surface area contributed by atoms with Gasteiger partial charge in [-0.05, 0) is 31.0 Å². The number of aliphatic hydroxyl groups excluding tert-OH is 1. The van der Waals surface area contributed by atoms with Crippen LogP contribution in [0.1, 0.15) is 12.8 Å². The first-order chi connectivity index (χ1) is 9.13. The Balaban J connectivity index is 2.07. The molecule has 0 radical (unpaired) electrons. The van der Waals surface area contributed by atoms with Gasteiger partial charge in [-0.15, -0.1) is 0 Å². The molecule has 0 amide bonds. The van der Waals surface area contributed by atoms with E-state index < -0.39 is 6.10 Å². The van der Waals surface area contributed by atoms with Gasteiger partial charge in [0.25, 0.3) is 0 Å². The first-order valence-corrected chi connectivity index (χ1v) is 6.39. The van der Waals surface area contributed by atoms with E-state index in [4.69, 9.17) is 0 Å². The molecule has 5 heteroatoms. The van der Waals surface area contributed by atoms with Crippen molar-refractivity contribution < 1.29 is 9.50 Å². The first kappa shape index (κ1) is 12.2. The number of hydrogen-bond donors (Lipinski definition) is 2. The zero-order valence-corrected chi connectivity index (χ0v) is 10.4. The highest BCUT2D eigenvalue weighted by molar-refractivity contribution is 5.82. The van der Waals surface area contributed by atoms with Crippen LogP contribution < -0.4 is 10.5 Å². The van der Waals surface area contributed by atoms with Gasteiger partial charge in [0, 0.05) is 24.5 Å². The molecule has 1 atom stereocenters. The highest BCUT2D eigenvalue weighted by atomic mass is 19.1. The fourth-order valence-corrected chi connectivity index (χ4v) is 2.58. The quantitative estimate of drug-likeness (QED) is 0.821. The number of fused-ring (bicyclic) bond motifs is 1. The predicted molar refractivity (Wildman–Crippen MR) is 72.0 cm³/mol. The second-order valence-electron chi connectivity index (χ2n) is 4.96. The summed E-state index contributed by atoms with van der Waals surface area (Å²) < 4.78 is 14.1. The summed E-state index contributed by atoms with van der Waals surface area (Å²) >= 11 is 0. The van der Waals surface area contributed by atoms with Crippen LogP contribution in [0.25, 0.3) is 10.9 Å². The predicted octanol–water partition coefficient (Wildman–Crippen LogP) is 1.63. The van der Waals surface area contributed by atoms with E-state index in [1.807, 2.05) is 4.90 Å². The van der Waals surface area contributed by atoms with Crippen LogP contribution in [0.3, 0.4) is 0 Å². The van der Waals surface area contributed by atoms with Crippen molar-refractivity contribution in [1.29, 1.82) is 0 Å². The molecule has 1 unspecified atom stereocenters. The van der Waals surface area contributed by atoms with Crippen LogP contribution in [0.15, 0.2) is 29.1 Å². The van der Waals surface area contributed by atoms with E-state index >= 15 is 0 Å². The molecule has 0 spiro atoms. The Labute approximate surface area is 109 Å². The Morgan fingerprint density at radius 3 is 3.00 bits per heavy atom. The number of benzene rings is 1. The lowest BCUT2D eigenvalue weighted by atomic mass is 10.1. The minimum Gasteiger partial charge on any atom is -0.391 e. The van der Waals surface area contributed by atoms with E-state index in [1.165, 1.54) is 12.1 Å². The van der Waals surface area contributed by atoms with Crippen LogP contribution in [0.2, 0.25) is 0 Å². The van der Waals surface area contributed by atoms with Gasteiger partial charge in [0.2, 0.25) is 5.56 Å². The summed E-state index contributed by atoms with van der Waals surface area (Å²) in [6.07, 6.45) is 1.17. The van der Waals surface area contributed by atoms with Crippen LogP contribution >= 0.6 is 0 Å². The fourth-order valence-electron chi connectivity index (χ4n) is 2.58. The van der Waals surface area contributed by atoms with Crippen LogP contribution in [-0.2, 0) is 0 Å². The Bertz CT molecular complexity index is 668. The average Bonchev–Trinajstić information content (AvgIpc) is 2.38. The van der Waals surface area contributed by atoms with Gasteiger partial charge in [0.15, 0.2) is 0 Å². The number of piperidine rings is 1. The monoisotopic (exact) mass is 262 g/mol. The lowest BCUT2D eigenvalue weighted by molar-refractivity contribution is 0.154. The smallest absolute Gasteiger partial charge is 0.248 e. The van der Waals surface area contributed by atoms with Crippen molar-refractivity contribution in [3.8, 4) is 0 Å². The second kappa shape index (κ2) is 4.66. The van der Waals surface area contributed by atoms with Crippen molar-refractivity contribution in [2.75, 3.05) is 18.0 Å². The number of β-amino-alcohol motifs (C(OH)–C–C–N with tert-alkyl or cyclic N) is 1. The van der Waals surface area contributed by atoms with Crippen molar-refractivity contribution in [1.82, 2.24) is 4.98 Å². The molecule has 100 valence electrons. The molecule has 2 heterocycles. The Morgan fingerprint density at radius 2 is 2.21 bits per heavy atom. The number of pyridine rings is 1. The summed E-state index contributed by atoms with van der Waals surface area (Å²) in [5.74, 6) is -0.325. The van der Waals surface area contributed by atoms with Gasteiger partial charge in [-0.2, -0.15) is 0 Å². The maximum Gasteiger partial charge on any atom is 0.248 e. The molecular weight excluding hydrogens is 247 g/mol. The minimum absolute atomic E-state index is 0.205. The van der Waals surface area contributed by atoms with E-state index in [9.17, 15) is 14.3 Å². The summed E-state index contributed by atoms with van der Waals surface area (Å²) in [6.45, 7) is 1.15. The van der Waals surface area contributed by atoms with E-state index in [0.717, 1.165) is 19.4 Å². The number of aromatic amines is 1. The Hall–Kier alpha value is -1.88. The number of aromatic nitrogens is 1. The zero-order chi connectivity index (χ0) is 13.4. The molecule has 1 fully saturated rings. The third-order valence-electron chi connectivity index (χ3n) is 3.53. The van der Waals surface area contributed by atoms with Crippen molar-refractivity contribution in [3.05, 3.63) is 40.4 Å². The van der Waals surface area contributed by atoms with Gasteiger partial charge in [-0.3, -0.25) is 4.79 Å². The number of aliphatic hydroxyl groups is 1. The normalized spacial score (nSPS) is 19.9. The van der Waals surface area contributed by atoms with Crippen molar-refractivity contribution in [2.24, 2.45) is 0 Å². The lowest BCUT2D eigenvalue weighted by Gasteiger charge is -2.32. The minimum atomic E-state index is -0.418. The average molecular weight is 262 g/mol. The number of rotatable bonds is 1. The molecule has 2 N–H and O–H groups in total. The molecule has 0 saturated carbocycles. The first-order valence-electron chi connectivity index (χ1n) is 6.39. The molecule has 3 rings (SSSR count).